The molecule has 2 aromatic carbocycles. The highest BCUT2D eigenvalue weighted by Crippen LogP contribution is 2.20. The molecule has 0 bridgehead atoms. The number of piperazine rings is 1. The number of anilines is 1. The second kappa shape index (κ2) is 7.61. The normalized spacial score (nSPS) is 14.3. The van der Waals surface area contributed by atoms with E-state index in [9.17, 15) is 9.18 Å². The Hall–Kier alpha value is -2.47. The summed E-state index contributed by atoms with van der Waals surface area (Å²) in [7, 11) is 0. The summed E-state index contributed by atoms with van der Waals surface area (Å²) in [6.07, 6.45) is 0. The third kappa shape index (κ3) is 4.14. The topological polar surface area (TPSA) is 35.6 Å². The van der Waals surface area contributed by atoms with Crippen LogP contribution in [-0.4, -0.2) is 42.1 Å². The van der Waals surface area contributed by atoms with Gasteiger partial charge in [0.15, 0.2) is 5.11 Å². The van der Waals surface area contributed by atoms with Crippen LogP contribution in [0.2, 0.25) is 0 Å². The van der Waals surface area contributed by atoms with Gasteiger partial charge in [0.1, 0.15) is 5.82 Å². The van der Waals surface area contributed by atoms with Gasteiger partial charge in [-0.1, -0.05) is 29.8 Å². The van der Waals surface area contributed by atoms with E-state index in [1.165, 1.54) is 6.07 Å². The average Bonchev–Trinajstić information content (AvgIpc) is 2.63. The number of aryl methyl sites for hydroxylation is 1. The van der Waals surface area contributed by atoms with Gasteiger partial charge < -0.3 is 9.80 Å². The number of hydrogen-bond acceptors (Lipinski definition) is 3. The highest BCUT2D eigenvalue weighted by Gasteiger charge is 2.22. The van der Waals surface area contributed by atoms with Gasteiger partial charge in [0.25, 0.3) is 5.91 Å². The van der Waals surface area contributed by atoms with Crippen LogP contribution in [0.15, 0.2) is 48.5 Å². The number of thiocarbonyl (C=S) groups is 1. The van der Waals surface area contributed by atoms with Crippen LogP contribution in [0.5, 0.6) is 0 Å². The van der Waals surface area contributed by atoms with Crippen molar-refractivity contribution in [3.05, 3.63) is 65.5 Å². The van der Waals surface area contributed by atoms with E-state index in [-0.39, 0.29) is 11.7 Å². The predicted octanol–water partition coefficient (Wildman–Crippen LogP) is 2.97. The summed E-state index contributed by atoms with van der Waals surface area (Å²) in [6, 6.07) is 14.1. The maximum atomic E-state index is 13.9. The Morgan fingerprint density at radius 3 is 2.32 bits per heavy atom. The van der Waals surface area contributed by atoms with Crippen molar-refractivity contribution in [2.24, 2.45) is 0 Å². The number of nitrogens with one attached hydrogen (secondary N) is 1. The highest BCUT2D eigenvalue weighted by atomic mass is 32.1. The number of carbonyl (C=O) groups is 1. The molecule has 0 radical (unpaired) electrons. The lowest BCUT2D eigenvalue weighted by molar-refractivity contribution is 0.0973. The van der Waals surface area contributed by atoms with Gasteiger partial charge >= 0.3 is 0 Å². The van der Waals surface area contributed by atoms with E-state index in [1.54, 1.807) is 24.3 Å². The summed E-state index contributed by atoms with van der Waals surface area (Å²) in [5.74, 6) is -0.423. The maximum Gasteiger partial charge on any atom is 0.257 e. The largest absolute Gasteiger partial charge is 0.366 e. The molecule has 0 saturated carbocycles. The van der Waals surface area contributed by atoms with Crippen LogP contribution in [-0.2, 0) is 0 Å². The molecule has 1 saturated heterocycles. The molecule has 0 spiro atoms. The summed E-state index contributed by atoms with van der Waals surface area (Å²) >= 11 is 5.36. The quantitative estimate of drug-likeness (QED) is 0.839. The van der Waals surface area contributed by atoms with Gasteiger partial charge in [-0.05, 0) is 43.4 Å². The fraction of sp³-hybridized carbons (Fsp3) is 0.263. The molecule has 0 aliphatic carbocycles. The standard InChI is InChI=1S/C19H20FN3OS/c1-14-6-8-15(9-7-14)18(24)21-19(25)23-12-10-22(11-13-23)17-5-3-2-4-16(17)20/h2-9H,10-13H2,1H3,(H,21,24,25). The number of halogens is 1. The van der Waals surface area contributed by atoms with E-state index in [0.29, 0.717) is 42.5 Å². The average molecular weight is 357 g/mol. The lowest BCUT2D eigenvalue weighted by atomic mass is 10.1. The summed E-state index contributed by atoms with van der Waals surface area (Å²) in [4.78, 5) is 16.2. The van der Waals surface area contributed by atoms with Crippen LogP contribution in [0.1, 0.15) is 15.9 Å². The van der Waals surface area contributed by atoms with Gasteiger partial charge in [0.2, 0.25) is 0 Å². The molecule has 4 nitrogen and oxygen atoms in total. The number of benzene rings is 2. The molecule has 0 aromatic heterocycles. The third-order valence-corrected chi connectivity index (χ3v) is 4.65. The maximum absolute atomic E-state index is 13.9. The second-order valence-electron chi connectivity index (χ2n) is 6.05. The van der Waals surface area contributed by atoms with Crippen molar-refractivity contribution < 1.29 is 9.18 Å². The molecule has 1 aliphatic heterocycles. The Labute approximate surface area is 152 Å². The lowest BCUT2D eigenvalue weighted by Gasteiger charge is -2.37. The van der Waals surface area contributed by atoms with E-state index >= 15 is 0 Å². The molecular formula is C19H20FN3OS. The zero-order chi connectivity index (χ0) is 17.8. The van der Waals surface area contributed by atoms with Gasteiger partial charge in [-0.25, -0.2) is 4.39 Å². The number of para-hydroxylation sites is 1. The third-order valence-electron chi connectivity index (χ3n) is 4.29. The minimum Gasteiger partial charge on any atom is -0.366 e. The molecule has 1 amide bonds. The van der Waals surface area contributed by atoms with E-state index < -0.39 is 0 Å². The van der Waals surface area contributed by atoms with Gasteiger partial charge in [-0.2, -0.15) is 0 Å². The van der Waals surface area contributed by atoms with Crippen molar-refractivity contribution in [1.29, 1.82) is 0 Å². The minimum absolute atomic E-state index is 0.207. The molecule has 1 aliphatic rings. The van der Waals surface area contributed by atoms with Crippen molar-refractivity contribution in [2.45, 2.75) is 6.92 Å². The van der Waals surface area contributed by atoms with Gasteiger partial charge in [0.05, 0.1) is 5.69 Å². The van der Waals surface area contributed by atoms with Gasteiger partial charge in [-0.3, -0.25) is 10.1 Å². The first kappa shape index (κ1) is 17.4. The number of amides is 1. The zero-order valence-electron chi connectivity index (χ0n) is 14.0. The summed E-state index contributed by atoms with van der Waals surface area (Å²) in [6.45, 7) is 4.56. The first-order valence-electron chi connectivity index (χ1n) is 8.21. The molecule has 0 atom stereocenters. The fourth-order valence-electron chi connectivity index (χ4n) is 2.81. The van der Waals surface area contributed by atoms with E-state index in [1.807, 2.05) is 34.9 Å². The van der Waals surface area contributed by atoms with Gasteiger partial charge in [-0.15, -0.1) is 0 Å². The Morgan fingerprint density at radius 1 is 1.04 bits per heavy atom. The monoisotopic (exact) mass is 357 g/mol. The smallest absolute Gasteiger partial charge is 0.257 e. The summed E-state index contributed by atoms with van der Waals surface area (Å²) in [5, 5.41) is 3.19. The van der Waals surface area contributed by atoms with Crippen LogP contribution in [0.4, 0.5) is 10.1 Å². The van der Waals surface area contributed by atoms with Crippen molar-refractivity contribution in [3.63, 3.8) is 0 Å². The van der Waals surface area contributed by atoms with E-state index in [4.69, 9.17) is 12.2 Å². The first-order chi connectivity index (χ1) is 12.0. The Bertz CT molecular complexity index is 770. The molecule has 130 valence electrons. The number of rotatable bonds is 2. The first-order valence-corrected chi connectivity index (χ1v) is 8.62. The van der Waals surface area contributed by atoms with Gasteiger partial charge in [0, 0.05) is 31.7 Å². The van der Waals surface area contributed by atoms with Crippen molar-refractivity contribution >= 4 is 28.9 Å². The van der Waals surface area contributed by atoms with E-state index in [2.05, 4.69) is 5.32 Å². The van der Waals surface area contributed by atoms with Crippen molar-refractivity contribution in [2.75, 3.05) is 31.1 Å². The predicted molar refractivity (Wildman–Crippen MR) is 101 cm³/mol. The molecule has 25 heavy (non-hydrogen) atoms. The molecule has 2 aromatic rings. The molecule has 0 unspecified atom stereocenters. The van der Waals surface area contributed by atoms with Crippen molar-refractivity contribution in [3.8, 4) is 0 Å². The Morgan fingerprint density at radius 2 is 1.68 bits per heavy atom. The lowest BCUT2D eigenvalue weighted by Crippen LogP contribution is -2.52. The van der Waals surface area contributed by atoms with E-state index in [0.717, 1.165) is 5.56 Å². The van der Waals surface area contributed by atoms with Crippen LogP contribution < -0.4 is 10.2 Å². The van der Waals surface area contributed by atoms with Crippen molar-refractivity contribution in [1.82, 2.24) is 10.2 Å². The van der Waals surface area contributed by atoms with Crippen LogP contribution in [0.25, 0.3) is 0 Å². The van der Waals surface area contributed by atoms with Crippen LogP contribution in [0, 0.1) is 12.7 Å². The van der Waals surface area contributed by atoms with Crippen LogP contribution >= 0.6 is 12.2 Å². The SMILES string of the molecule is Cc1ccc(C(=O)NC(=S)N2CCN(c3ccccc3F)CC2)cc1. The summed E-state index contributed by atoms with van der Waals surface area (Å²) in [5.41, 5.74) is 2.29. The number of carbonyl (C=O) groups excluding carboxylic acids is 1. The minimum atomic E-state index is -0.216. The molecule has 1 N–H and O–H groups in total. The Kier molecular flexibility index (Phi) is 5.28. The van der Waals surface area contributed by atoms with Crippen LogP contribution in [0.3, 0.4) is 0 Å². The molecule has 3 rings (SSSR count). The second-order valence-corrected chi connectivity index (χ2v) is 6.44. The highest BCUT2D eigenvalue weighted by molar-refractivity contribution is 7.80. The molecule has 1 heterocycles. The summed E-state index contributed by atoms with van der Waals surface area (Å²) < 4.78 is 13.9. The molecule has 1 fully saturated rings. The number of nitrogens with zero attached hydrogens (tertiary/aromatic N) is 2. The zero-order valence-corrected chi connectivity index (χ0v) is 14.9. The number of hydrogen-bond donors (Lipinski definition) is 1. The molecular weight excluding hydrogens is 337 g/mol. The fourth-order valence-corrected chi connectivity index (χ4v) is 3.09. The molecule has 6 heteroatoms. The Balaban J connectivity index is 1.55.